The zero-order valence-corrected chi connectivity index (χ0v) is 14.7. The highest BCUT2D eigenvalue weighted by atomic mass is 16.5. The van der Waals surface area contributed by atoms with Crippen LogP contribution in [0.3, 0.4) is 0 Å². The van der Waals surface area contributed by atoms with Gasteiger partial charge in [-0.25, -0.2) is 9.78 Å². The van der Waals surface area contributed by atoms with Crippen molar-refractivity contribution in [3.63, 3.8) is 0 Å². The van der Waals surface area contributed by atoms with Crippen LogP contribution in [0.1, 0.15) is 53.4 Å². The molecule has 0 aliphatic heterocycles. The first-order valence-corrected chi connectivity index (χ1v) is 8.49. The van der Waals surface area contributed by atoms with E-state index in [0.29, 0.717) is 23.1 Å². The number of amides is 1. The maximum atomic E-state index is 12.2. The van der Waals surface area contributed by atoms with Gasteiger partial charge >= 0.3 is 5.97 Å². The maximum absolute atomic E-state index is 12.2. The molecule has 1 fully saturated rings. The van der Waals surface area contributed by atoms with E-state index >= 15 is 0 Å². The molecule has 0 bridgehead atoms. The van der Waals surface area contributed by atoms with Crippen molar-refractivity contribution in [1.29, 1.82) is 0 Å². The molecular formula is C19H20N2O5. The minimum Gasteiger partial charge on any atom is -0.448 e. The third-order valence-corrected chi connectivity index (χ3v) is 4.13. The molecule has 0 spiro atoms. The molecule has 0 unspecified atom stereocenters. The van der Waals surface area contributed by atoms with Crippen molar-refractivity contribution in [2.75, 3.05) is 5.32 Å². The highest BCUT2D eigenvalue weighted by Crippen LogP contribution is 2.32. The number of benzene rings is 1. The van der Waals surface area contributed by atoms with Gasteiger partial charge in [0.2, 0.25) is 0 Å². The number of aromatic nitrogens is 1. The van der Waals surface area contributed by atoms with Gasteiger partial charge in [0.05, 0.1) is 0 Å². The molecule has 0 radical (unpaired) electrons. The number of hydrogen-bond donors (Lipinski definition) is 1. The number of hydrogen-bond acceptors (Lipinski definition) is 6. The van der Waals surface area contributed by atoms with E-state index in [2.05, 4.69) is 10.3 Å². The van der Waals surface area contributed by atoms with Crippen LogP contribution in [0.25, 0.3) is 0 Å². The Morgan fingerprint density at radius 2 is 1.96 bits per heavy atom. The average Bonchev–Trinajstić information content (AvgIpc) is 3.29. The molecule has 1 aliphatic rings. The lowest BCUT2D eigenvalue weighted by Gasteiger charge is -2.12. The molecule has 1 atom stereocenters. The highest BCUT2D eigenvalue weighted by Gasteiger charge is 2.26. The monoisotopic (exact) mass is 356 g/mol. The fourth-order valence-electron chi connectivity index (χ4n) is 2.37. The topological polar surface area (TPSA) is 98.5 Å². The quantitative estimate of drug-likeness (QED) is 0.605. The molecule has 1 aromatic heterocycles. The van der Waals surface area contributed by atoms with E-state index in [1.807, 2.05) is 0 Å². The minimum absolute atomic E-state index is 0.0566. The maximum Gasteiger partial charge on any atom is 0.361 e. The Bertz CT molecular complexity index is 821. The zero-order chi connectivity index (χ0) is 18.7. The molecular weight excluding hydrogens is 336 g/mol. The third kappa shape index (κ3) is 4.56. The van der Waals surface area contributed by atoms with Crippen LogP contribution in [-0.2, 0) is 16.0 Å². The Balaban J connectivity index is 1.53. The smallest absolute Gasteiger partial charge is 0.361 e. The molecule has 7 nitrogen and oxygen atoms in total. The molecule has 2 aromatic rings. The Hall–Kier alpha value is -2.96. The van der Waals surface area contributed by atoms with Crippen LogP contribution in [0.2, 0.25) is 0 Å². The number of ether oxygens (including phenoxy) is 1. The predicted octanol–water partition coefficient (Wildman–Crippen LogP) is 3.01. The number of nitrogens with zero attached hydrogens (tertiary/aromatic N) is 1. The standard InChI is InChI=1S/C19H20N2O5/c1-11(22)14-5-7-15(8-6-14)20-18(23)12(2)26-19(24)16-10-25-17(21-16)9-13-3-4-13/h5-8,10,12-13H,3-4,9H2,1-2H3,(H,20,23)/t12-/m0/s1. The first kappa shape index (κ1) is 17.8. The summed E-state index contributed by atoms with van der Waals surface area (Å²) < 4.78 is 10.4. The fraction of sp³-hybridized carbons (Fsp3) is 0.368. The molecule has 3 rings (SSSR count). The van der Waals surface area contributed by atoms with Gasteiger partial charge in [-0.2, -0.15) is 0 Å². The molecule has 0 saturated heterocycles. The summed E-state index contributed by atoms with van der Waals surface area (Å²) in [6.07, 6.45) is 3.29. The van der Waals surface area contributed by atoms with Gasteiger partial charge in [0.25, 0.3) is 5.91 Å². The van der Waals surface area contributed by atoms with E-state index in [0.717, 1.165) is 19.3 Å². The van der Waals surface area contributed by atoms with E-state index < -0.39 is 18.0 Å². The zero-order valence-electron chi connectivity index (χ0n) is 14.7. The van der Waals surface area contributed by atoms with E-state index in [9.17, 15) is 14.4 Å². The molecule has 1 N–H and O–H groups in total. The van der Waals surface area contributed by atoms with Crippen LogP contribution in [0, 0.1) is 5.92 Å². The summed E-state index contributed by atoms with van der Waals surface area (Å²) in [5, 5.41) is 2.63. The molecule has 1 amide bonds. The second kappa shape index (κ2) is 7.51. The minimum atomic E-state index is -1.00. The van der Waals surface area contributed by atoms with E-state index in [1.54, 1.807) is 24.3 Å². The number of carbonyl (C=O) groups is 3. The van der Waals surface area contributed by atoms with Crippen molar-refractivity contribution in [2.45, 2.75) is 39.2 Å². The molecule has 136 valence electrons. The number of oxazole rings is 1. The lowest BCUT2D eigenvalue weighted by molar-refractivity contribution is -0.123. The second-order valence-electron chi connectivity index (χ2n) is 6.44. The predicted molar refractivity (Wildman–Crippen MR) is 92.9 cm³/mol. The fourth-order valence-corrected chi connectivity index (χ4v) is 2.37. The lowest BCUT2D eigenvalue weighted by atomic mass is 10.1. The van der Waals surface area contributed by atoms with Crippen molar-refractivity contribution < 1.29 is 23.5 Å². The summed E-state index contributed by atoms with van der Waals surface area (Å²) in [4.78, 5) is 39.6. The normalized spacial score (nSPS) is 14.5. The summed E-state index contributed by atoms with van der Waals surface area (Å²) in [7, 11) is 0. The first-order valence-electron chi connectivity index (χ1n) is 8.49. The van der Waals surface area contributed by atoms with Gasteiger partial charge in [0, 0.05) is 17.7 Å². The Labute approximate surface area is 150 Å². The number of ketones is 1. The Morgan fingerprint density at radius 1 is 1.27 bits per heavy atom. The molecule has 1 aliphatic carbocycles. The summed E-state index contributed by atoms with van der Waals surface area (Å²) >= 11 is 0. The van der Waals surface area contributed by atoms with Gasteiger partial charge < -0.3 is 14.5 Å². The number of esters is 1. The van der Waals surface area contributed by atoms with Crippen LogP contribution < -0.4 is 5.32 Å². The SMILES string of the molecule is CC(=O)c1ccc(NC(=O)[C@H](C)OC(=O)c2coc(CC3CC3)n2)cc1. The van der Waals surface area contributed by atoms with Crippen molar-refractivity contribution in [1.82, 2.24) is 4.98 Å². The third-order valence-electron chi connectivity index (χ3n) is 4.13. The molecule has 1 saturated carbocycles. The van der Waals surface area contributed by atoms with Crippen molar-refractivity contribution in [3.8, 4) is 0 Å². The van der Waals surface area contributed by atoms with E-state index in [-0.39, 0.29) is 11.5 Å². The van der Waals surface area contributed by atoms with Gasteiger partial charge in [-0.3, -0.25) is 9.59 Å². The van der Waals surface area contributed by atoms with Gasteiger partial charge in [0.15, 0.2) is 23.5 Å². The van der Waals surface area contributed by atoms with Gasteiger partial charge in [-0.05, 0) is 56.9 Å². The van der Waals surface area contributed by atoms with Crippen LogP contribution in [-0.4, -0.2) is 28.7 Å². The van der Waals surface area contributed by atoms with Gasteiger partial charge in [0.1, 0.15) is 6.26 Å². The molecule has 1 heterocycles. The molecule has 26 heavy (non-hydrogen) atoms. The first-order chi connectivity index (χ1) is 12.4. The van der Waals surface area contributed by atoms with Crippen LogP contribution in [0.15, 0.2) is 34.9 Å². The lowest BCUT2D eigenvalue weighted by Crippen LogP contribution is -2.30. The number of anilines is 1. The van der Waals surface area contributed by atoms with Gasteiger partial charge in [-0.1, -0.05) is 0 Å². The van der Waals surface area contributed by atoms with Crippen molar-refractivity contribution >= 4 is 23.3 Å². The largest absolute Gasteiger partial charge is 0.448 e. The highest BCUT2D eigenvalue weighted by molar-refractivity contribution is 5.98. The average molecular weight is 356 g/mol. The Morgan fingerprint density at radius 3 is 2.58 bits per heavy atom. The number of Topliss-reactive ketones (excluding diaryl/α,β-unsaturated/α-hetero) is 1. The molecule has 1 aromatic carbocycles. The summed E-state index contributed by atoms with van der Waals surface area (Å²) in [6.45, 7) is 2.94. The summed E-state index contributed by atoms with van der Waals surface area (Å²) in [5.74, 6) is -0.126. The summed E-state index contributed by atoms with van der Waals surface area (Å²) in [5.41, 5.74) is 1.12. The van der Waals surface area contributed by atoms with Crippen LogP contribution >= 0.6 is 0 Å². The Kier molecular flexibility index (Phi) is 5.16. The van der Waals surface area contributed by atoms with Crippen molar-refractivity contribution in [2.24, 2.45) is 5.92 Å². The van der Waals surface area contributed by atoms with E-state index in [4.69, 9.17) is 9.15 Å². The number of rotatable bonds is 7. The summed E-state index contributed by atoms with van der Waals surface area (Å²) in [6, 6.07) is 6.47. The molecule has 7 heteroatoms. The number of nitrogens with one attached hydrogen (secondary N) is 1. The van der Waals surface area contributed by atoms with E-state index in [1.165, 1.54) is 20.1 Å². The second-order valence-corrected chi connectivity index (χ2v) is 6.44. The van der Waals surface area contributed by atoms with Crippen LogP contribution in [0.5, 0.6) is 0 Å². The van der Waals surface area contributed by atoms with Gasteiger partial charge in [-0.15, -0.1) is 0 Å². The van der Waals surface area contributed by atoms with Crippen LogP contribution in [0.4, 0.5) is 5.69 Å². The number of carbonyl (C=O) groups excluding carboxylic acids is 3. The van der Waals surface area contributed by atoms with Crippen molar-refractivity contribution in [3.05, 3.63) is 47.7 Å².